The molecule has 2 rings (SSSR count). The molecule has 0 aliphatic heterocycles. The Labute approximate surface area is 99.5 Å². The molecule has 5 nitrogen and oxygen atoms in total. The van der Waals surface area contributed by atoms with Crippen LogP contribution >= 0.6 is 0 Å². The van der Waals surface area contributed by atoms with Crippen molar-refractivity contribution in [1.29, 1.82) is 0 Å². The van der Waals surface area contributed by atoms with E-state index in [9.17, 15) is 8.42 Å². The van der Waals surface area contributed by atoms with Gasteiger partial charge in [0.2, 0.25) is 0 Å². The molecule has 0 unspecified atom stereocenters. The maximum Gasteiger partial charge on any atom is 0.263 e. The van der Waals surface area contributed by atoms with Crippen LogP contribution in [0.5, 0.6) is 0 Å². The van der Waals surface area contributed by atoms with Crippen LogP contribution in [0.1, 0.15) is 11.3 Å². The molecule has 1 aromatic heterocycles. The number of aromatic nitrogens is 1. The minimum Gasteiger partial charge on any atom is -0.360 e. The third-order valence-corrected chi connectivity index (χ3v) is 3.76. The van der Waals surface area contributed by atoms with Crippen molar-refractivity contribution in [2.24, 2.45) is 0 Å². The van der Waals surface area contributed by atoms with E-state index in [1.165, 1.54) is 6.07 Å². The van der Waals surface area contributed by atoms with Gasteiger partial charge in [0.05, 0.1) is 4.90 Å². The molecule has 0 aliphatic rings. The monoisotopic (exact) mass is 252 g/mol. The summed E-state index contributed by atoms with van der Waals surface area (Å²) in [7, 11) is -3.60. The Bertz CT molecular complexity index is 632. The first-order chi connectivity index (χ1) is 7.99. The van der Waals surface area contributed by atoms with Gasteiger partial charge < -0.3 is 4.52 Å². The maximum absolute atomic E-state index is 12.0. The number of rotatable bonds is 3. The predicted octanol–water partition coefficient (Wildman–Crippen LogP) is 2.09. The Hall–Kier alpha value is -1.82. The van der Waals surface area contributed by atoms with Crippen molar-refractivity contribution in [3.05, 3.63) is 41.7 Å². The highest BCUT2D eigenvalue weighted by molar-refractivity contribution is 7.92. The second-order valence-electron chi connectivity index (χ2n) is 3.69. The van der Waals surface area contributed by atoms with Crippen LogP contribution in [0, 0.1) is 13.8 Å². The second kappa shape index (κ2) is 4.21. The molecule has 1 aromatic carbocycles. The molecule has 0 saturated heterocycles. The van der Waals surface area contributed by atoms with Gasteiger partial charge in [-0.1, -0.05) is 23.4 Å². The number of nitrogens with one attached hydrogen (secondary N) is 1. The van der Waals surface area contributed by atoms with Gasteiger partial charge in [-0.3, -0.25) is 4.72 Å². The fraction of sp³-hybridized carbons (Fsp3) is 0.182. The van der Waals surface area contributed by atoms with Crippen molar-refractivity contribution < 1.29 is 12.9 Å². The van der Waals surface area contributed by atoms with Crippen LogP contribution in [-0.2, 0) is 10.0 Å². The third kappa shape index (κ3) is 2.47. The quantitative estimate of drug-likeness (QED) is 0.907. The molecule has 17 heavy (non-hydrogen) atoms. The van der Waals surface area contributed by atoms with Gasteiger partial charge in [0, 0.05) is 6.07 Å². The minimum absolute atomic E-state index is 0.186. The summed E-state index contributed by atoms with van der Waals surface area (Å²) >= 11 is 0. The summed E-state index contributed by atoms with van der Waals surface area (Å²) in [6.07, 6.45) is 0. The fourth-order valence-electron chi connectivity index (χ4n) is 1.47. The number of aryl methyl sites for hydroxylation is 2. The van der Waals surface area contributed by atoms with E-state index in [4.69, 9.17) is 4.52 Å². The first-order valence-corrected chi connectivity index (χ1v) is 6.49. The Morgan fingerprint density at radius 2 is 1.94 bits per heavy atom. The van der Waals surface area contributed by atoms with Crippen molar-refractivity contribution in [2.45, 2.75) is 18.7 Å². The van der Waals surface area contributed by atoms with E-state index in [0.29, 0.717) is 11.3 Å². The fourth-order valence-corrected chi connectivity index (χ4v) is 2.70. The zero-order valence-corrected chi connectivity index (χ0v) is 10.3. The maximum atomic E-state index is 12.0. The molecule has 1 heterocycles. The highest BCUT2D eigenvalue weighted by atomic mass is 32.2. The van der Waals surface area contributed by atoms with Gasteiger partial charge in [-0.2, -0.15) is 0 Å². The number of hydrogen-bond donors (Lipinski definition) is 1. The molecule has 2 aromatic rings. The summed E-state index contributed by atoms with van der Waals surface area (Å²) in [4.78, 5) is 0.237. The van der Waals surface area contributed by atoms with E-state index in [-0.39, 0.29) is 10.7 Å². The third-order valence-electron chi connectivity index (χ3n) is 2.25. The molecular weight excluding hydrogens is 240 g/mol. The summed E-state index contributed by atoms with van der Waals surface area (Å²) < 4.78 is 31.2. The zero-order valence-electron chi connectivity index (χ0n) is 9.47. The van der Waals surface area contributed by atoms with Crippen LogP contribution in [0.3, 0.4) is 0 Å². The average molecular weight is 252 g/mol. The standard InChI is InChI=1S/C11H12N2O3S/c1-8-5-3-4-6-10(8)17(14,15)13-11-7-9(2)16-12-11/h3-7H,1-2H3,(H,12,13). The van der Waals surface area contributed by atoms with E-state index in [2.05, 4.69) is 9.88 Å². The summed E-state index contributed by atoms with van der Waals surface area (Å²) in [5.74, 6) is 0.734. The topological polar surface area (TPSA) is 72.2 Å². The number of anilines is 1. The molecule has 0 saturated carbocycles. The molecule has 0 atom stereocenters. The number of benzene rings is 1. The Balaban J connectivity index is 2.35. The zero-order chi connectivity index (χ0) is 12.5. The lowest BCUT2D eigenvalue weighted by molar-refractivity contribution is 0.400. The van der Waals surface area contributed by atoms with Gasteiger partial charge in [0.15, 0.2) is 5.82 Å². The van der Waals surface area contributed by atoms with Crippen molar-refractivity contribution in [2.75, 3.05) is 4.72 Å². The summed E-state index contributed by atoms with van der Waals surface area (Å²) in [5.41, 5.74) is 0.681. The van der Waals surface area contributed by atoms with E-state index < -0.39 is 10.0 Å². The average Bonchev–Trinajstić information content (AvgIpc) is 2.63. The predicted molar refractivity (Wildman–Crippen MR) is 63.2 cm³/mol. The van der Waals surface area contributed by atoms with Gasteiger partial charge in [-0.15, -0.1) is 0 Å². The Morgan fingerprint density at radius 3 is 2.53 bits per heavy atom. The smallest absolute Gasteiger partial charge is 0.263 e. The van der Waals surface area contributed by atoms with E-state index in [1.807, 2.05) is 0 Å². The van der Waals surface area contributed by atoms with Crippen molar-refractivity contribution >= 4 is 15.8 Å². The summed E-state index contributed by atoms with van der Waals surface area (Å²) in [6, 6.07) is 8.27. The van der Waals surface area contributed by atoms with Gasteiger partial charge in [-0.25, -0.2) is 8.42 Å². The molecule has 90 valence electrons. The van der Waals surface area contributed by atoms with Crippen molar-refractivity contribution in [1.82, 2.24) is 5.16 Å². The molecule has 0 fully saturated rings. The van der Waals surface area contributed by atoms with Gasteiger partial charge in [0.1, 0.15) is 5.76 Å². The summed E-state index contributed by atoms with van der Waals surface area (Å²) in [5, 5.41) is 3.59. The first-order valence-electron chi connectivity index (χ1n) is 5.01. The molecule has 0 aliphatic carbocycles. The van der Waals surface area contributed by atoms with Crippen LogP contribution < -0.4 is 4.72 Å². The number of hydrogen-bond acceptors (Lipinski definition) is 4. The van der Waals surface area contributed by atoms with Gasteiger partial charge in [-0.05, 0) is 25.5 Å². The lowest BCUT2D eigenvalue weighted by Gasteiger charge is -2.07. The van der Waals surface area contributed by atoms with Gasteiger partial charge in [0.25, 0.3) is 10.0 Å². The lowest BCUT2D eigenvalue weighted by atomic mass is 10.2. The normalized spacial score (nSPS) is 11.4. The van der Waals surface area contributed by atoms with Crippen LogP contribution in [0.4, 0.5) is 5.82 Å². The van der Waals surface area contributed by atoms with E-state index in [1.54, 1.807) is 38.1 Å². The molecule has 0 radical (unpaired) electrons. The molecular formula is C11H12N2O3S. The van der Waals surface area contributed by atoms with Crippen LogP contribution in [0.2, 0.25) is 0 Å². The van der Waals surface area contributed by atoms with Crippen molar-refractivity contribution in [3.63, 3.8) is 0 Å². The molecule has 0 bridgehead atoms. The number of nitrogens with zero attached hydrogens (tertiary/aromatic N) is 1. The highest BCUT2D eigenvalue weighted by Crippen LogP contribution is 2.18. The van der Waals surface area contributed by atoms with Crippen LogP contribution in [0.25, 0.3) is 0 Å². The van der Waals surface area contributed by atoms with Crippen LogP contribution in [-0.4, -0.2) is 13.6 Å². The highest BCUT2D eigenvalue weighted by Gasteiger charge is 2.17. The van der Waals surface area contributed by atoms with Crippen LogP contribution in [0.15, 0.2) is 39.8 Å². The molecule has 1 N–H and O–H groups in total. The lowest BCUT2D eigenvalue weighted by Crippen LogP contribution is -2.14. The molecule has 0 spiro atoms. The molecule has 6 heteroatoms. The van der Waals surface area contributed by atoms with E-state index in [0.717, 1.165) is 0 Å². The second-order valence-corrected chi connectivity index (χ2v) is 5.34. The SMILES string of the molecule is Cc1cc(NS(=O)(=O)c2ccccc2C)no1. The van der Waals surface area contributed by atoms with Crippen molar-refractivity contribution in [3.8, 4) is 0 Å². The Morgan fingerprint density at radius 1 is 1.24 bits per heavy atom. The Kier molecular flexibility index (Phi) is 2.89. The number of sulfonamides is 1. The largest absolute Gasteiger partial charge is 0.360 e. The van der Waals surface area contributed by atoms with Gasteiger partial charge >= 0.3 is 0 Å². The first kappa shape index (κ1) is 11.7. The van der Waals surface area contributed by atoms with E-state index >= 15 is 0 Å². The minimum atomic E-state index is -3.60. The summed E-state index contributed by atoms with van der Waals surface area (Å²) in [6.45, 7) is 3.43. The molecule has 0 amide bonds.